The minimum atomic E-state index is -0.619. The highest BCUT2D eigenvalue weighted by Crippen LogP contribution is 2.22. The molecule has 1 N–H and O–H groups in total. The molecule has 0 aromatic carbocycles. The van der Waals surface area contributed by atoms with E-state index in [4.69, 9.17) is 18.9 Å². The Hall–Kier alpha value is -2.16. The molecule has 0 saturated heterocycles. The van der Waals surface area contributed by atoms with Crippen molar-refractivity contribution in [3.63, 3.8) is 0 Å². The van der Waals surface area contributed by atoms with E-state index in [1.54, 1.807) is 20.8 Å². The molecule has 4 atom stereocenters. The zero-order chi connectivity index (χ0) is 40.1. The molecule has 318 valence electrons. The van der Waals surface area contributed by atoms with Crippen LogP contribution in [0.5, 0.6) is 0 Å². The van der Waals surface area contributed by atoms with Gasteiger partial charge in [-0.05, 0) is 57.8 Å². The average molecular weight is 769 g/mol. The van der Waals surface area contributed by atoms with Crippen molar-refractivity contribution in [3.8, 4) is 0 Å². The molecule has 0 fully saturated rings. The number of ether oxygens (including phenoxy) is 4. The minimum absolute atomic E-state index is 0.132. The van der Waals surface area contributed by atoms with Crippen LogP contribution >= 0.6 is 0 Å². The van der Waals surface area contributed by atoms with E-state index in [2.05, 4.69) is 13.8 Å². The number of carbonyl (C=O) groups excluding carboxylic acids is 4. The molecule has 0 rings (SSSR count). The number of carbonyl (C=O) groups is 4. The lowest BCUT2D eigenvalue weighted by Crippen LogP contribution is -2.35. The Morgan fingerprint density at radius 3 is 1.15 bits per heavy atom. The lowest BCUT2D eigenvalue weighted by atomic mass is 9.99. The maximum atomic E-state index is 12.2. The number of rotatable bonds is 39. The molecule has 0 aromatic heterocycles. The van der Waals surface area contributed by atoms with Crippen LogP contribution in [-0.4, -0.2) is 60.0 Å². The number of hydrogen-bond donors (Lipinski definition) is 1. The van der Waals surface area contributed by atoms with Crippen LogP contribution in [0.3, 0.4) is 0 Å². The van der Waals surface area contributed by atoms with E-state index in [1.807, 2.05) is 0 Å². The van der Waals surface area contributed by atoms with Gasteiger partial charge in [0.2, 0.25) is 0 Å². The summed E-state index contributed by atoms with van der Waals surface area (Å²) in [6, 6.07) is 0. The van der Waals surface area contributed by atoms with Crippen molar-refractivity contribution in [2.24, 2.45) is 0 Å². The molecule has 0 aliphatic heterocycles. The molecule has 0 saturated carbocycles. The highest BCUT2D eigenvalue weighted by molar-refractivity contribution is 5.70. The van der Waals surface area contributed by atoms with Crippen LogP contribution in [-0.2, 0) is 38.1 Å². The van der Waals surface area contributed by atoms with E-state index in [1.165, 1.54) is 51.4 Å². The van der Waals surface area contributed by atoms with Gasteiger partial charge in [0.15, 0.2) is 0 Å². The van der Waals surface area contributed by atoms with Crippen molar-refractivity contribution < 1.29 is 43.2 Å². The fourth-order valence-corrected chi connectivity index (χ4v) is 6.73. The predicted octanol–water partition coefficient (Wildman–Crippen LogP) is 11.8. The van der Waals surface area contributed by atoms with Gasteiger partial charge in [0.25, 0.3) is 0 Å². The Labute approximate surface area is 331 Å². The summed E-state index contributed by atoms with van der Waals surface area (Å²) in [5, 5.41) is 10.7. The Kier molecular flexibility index (Phi) is 36.2. The van der Waals surface area contributed by atoms with Crippen molar-refractivity contribution in [3.05, 3.63) is 0 Å². The first-order valence-electron chi connectivity index (χ1n) is 22.6. The Balaban J connectivity index is 4.19. The van der Waals surface area contributed by atoms with Crippen LogP contribution in [0.4, 0.5) is 0 Å². The highest BCUT2D eigenvalue weighted by atomic mass is 16.6. The van der Waals surface area contributed by atoms with E-state index in [-0.39, 0.29) is 30.0 Å². The molecule has 0 heterocycles. The normalized spacial score (nSPS) is 13.5. The zero-order valence-electron chi connectivity index (χ0n) is 35.7. The van der Waals surface area contributed by atoms with Gasteiger partial charge in [0.05, 0.1) is 12.7 Å². The molecule has 0 aliphatic carbocycles. The monoisotopic (exact) mass is 769 g/mol. The molecule has 0 amide bonds. The molecule has 0 spiro atoms. The third kappa shape index (κ3) is 31.1. The van der Waals surface area contributed by atoms with Crippen LogP contribution in [0.25, 0.3) is 0 Å². The first kappa shape index (κ1) is 51.8. The van der Waals surface area contributed by atoms with Gasteiger partial charge in [-0.3, -0.25) is 19.2 Å². The Bertz CT molecular complexity index is 908. The topological polar surface area (TPSA) is 125 Å². The second kappa shape index (κ2) is 37.7. The Morgan fingerprint density at radius 2 is 0.722 bits per heavy atom. The summed E-state index contributed by atoms with van der Waals surface area (Å²) in [5.74, 6) is -0.865. The van der Waals surface area contributed by atoms with Crippen molar-refractivity contribution >= 4 is 23.9 Å². The SMILES string of the molecule is CCCCCCCCC(OC(=O)CC)C(O)CCCCCCCC(=O)OCCCCCCCCC(OC(=O)CC)C(CCCCCCCC)OC(=O)CC. The number of aliphatic hydroxyl groups is 1. The van der Waals surface area contributed by atoms with Crippen LogP contribution in [0.1, 0.15) is 234 Å². The second-order valence-electron chi connectivity index (χ2n) is 15.3. The van der Waals surface area contributed by atoms with Gasteiger partial charge in [-0.1, -0.05) is 150 Å². The summed E-state index contributed by atoms with van der Waals surface area (Å²) in [6.07, 6.45) is 26.7. The fourth-order valence-electron chi connectivity index (χ4n) is 6.73. The first-order valence-corrected chi connectivity index (χ1v) is 22.6. The third-order valence-electron chi connectivity index (χ3n) is 10.3. The van der Waals surface area contributed by atoms with Crippen molar-refractivity contribution in [2.45, 2.75) is 258 Å². The van der Waals surface area contributed by atoms with E-state index >= 15 is 0 Å². The number of esters is 4. The fraction of sp³-hybridized carbons (Fsp3) is 0.911. The Morgan fingerprint density at radius 1 is 0.389 bits per heavy atom. The summed E-state index contributed by atoms with van der Waals surface area (Å²) in [5.41, 5.74) is 0. The van der Waals surface area contributed by atoms with E-state index < -0.39 is 18.3 Å². The zero-order valence-corrected chi connectivity index (χ0v) is 35.7. The van der Waals surface area contributed by atoms with Gasteiger partial charge >= 0.3 is 23.9 Å². The molecule has 4 unspecified atom stereocenters. The quantitative estimate of drug-likeness (QED) is 0.0369. The summed E-state index contributed by atoms with van der Waals surface area (Å²) in [4.78, 5) is 48.5. The summed E-state index contributed by atoms with van der Waals surface area (Å²) in [7, 11) is 0. The van der Waals surface area contributed by atoms with Crippen LogP contribution in [0.2, 0.25) is 0 Å². The third-order valence-corrected chi connectivity index (χ3v) is 10.3. The van der Waals surface area contributed by atoms with E-state index in [0.717, 1.165) is 109 Å². The molecule has 54 heavy (non-hydrogen) atoms. The van der Waals surface area contributed by atoms with Gasteiger partial charge in [-0.2, -0.15) is 0 Å². The van der Waals surface area contributed by atoms with E-state index in [0.29, 0.717) is 45.1 Å². The molecule has 9 nitrogen and oxygen atoms in total. The van der Waals surface area contributed by atoms with Crippen molar-refractivity contribution in [2.75, 3.05) is 6.61 Å². The molecule has 0 aliphatic rings. The number of aliphatic hydroxyl groups excluding tert-OH is 1. The summed E-state index contributed by atoms with van der Waals surface area (Å²) in [6.45, 7) is 10.2. The van der Waals surface area contributed by atoms with E-state index in [9.17, 15) is 24.3 Å². The second-order valence-corrected chi connectivity index (χ2v) is 15.3. The van der Waals surface area contributed by atoms with Crippen LogP contribution < -0.4 is 0 Å². The first-order chi connectivity index (χ1) is 26.2. The molecule has 0 aromatic rings. The molecule has 0 radical (unpaired) electrons. The molecule has 0 bridgehead atoms. The summed E-state index contributed by atoms with van der Waals surface area (Å²) >= 11 is 0. The molecular weight excluding hydrogens is 684 g/mol. The van der Waals surface area contributed by atoms with Crippen molar-refractivity contribution in [1.82, 2.24) is 0 Å². The standard InChI is InChI=1S/C45H84O9/c1-6-11-13-15-21-27-33-39(52-42(47)8-3)38(46)32-26-20-19-24-30-36-45(50)51-37-31-25-18-17-23-29-35-41(54-44(49)10-5)40(53-43(48)9-4)34-28-22-16-14-12-7-2/h38-41,46H,6-37H2,1-5H3. The van der Waals surface area contributed by atoms with Crippen molar-refractivity contribution in [1.29, 1.82) is 0 Å². The van der Waals surface area contributed by atoms with Gasteiger partial charge in [-0.15, -0.1) is 0 Å². The maximum absolute atomic E-state index is 12.2. The predicted molar refractivity (Wildman–Crippen MR) is 218 cm³/mol. The van der Waals surface area contributed by atoms with Crippen LogP contribution in [0.15, 0.2) is 0 Å². The smallest absolute Gasteiger partial charge is 0.305 e. The van der Waals surface area contributed by atoms with Gasteiger partial charge in [-0.25, -0.2) is 0 Å². The number of hydrogen-bond acceptors (Lipinski definition) is 9. The van der Waals surface area contributed by atoms with Gasteiger partial charge in [0.1, 0.15) is 18.3 Å². The average Bonchev–Trinajstić information content (AvgIpc) is 3.17. The van der Waals surface area contributed by atoms with Gasteiger partial charge in [0, 0.05) is 25.7 Å². The maximum Gasteiger partial charge on any atom is 0.305 e. The van der Waals surface area contributed by atoms with Crippen LogP contribution in [0, 0.1) is 0 Å². The summed E-state index contributed by atoms with van der Waals surface area (Å²) < 4.78 is 22.6. The van der Waals surface area contributed by atoms with Gasteiger partial charge < -0.3 is 24.1 Å². The minimum Gasteiger partial charge on any atom is -0.466 e. The largest absolute Gasteiger partial charge is 0.466 e. The molecule has 9 heteroatoms. The lowest BCUT2D eigenvalue weighted by molar-refractivity contribution is -0.169. The lowest BCUT2D eigenvalue weighted by Gasteiger charge is -2.27. The molecular formula is C45H84O9. The highest BCUT2D eigenvalue weighted by Gasteiger charge is 2.28. The number of unbranched alkanes of at least 4 members (excludes halogenated alkanes) is 19.